The van der Waals surface area contributed by atoms with E-state index in [0.717, 1.165) is 5.39 Å². The first kappa shape index (κ1) is 12.9. The fourth-order valence-corrected chi connectivity index (χ4v) is 2.17. The molecular formula is C13H8Cl2N4O. The third-order valence-corrected chi connectivity index (χ3v) is 3.11. The Balaban J connectivity index is 2.09. The van der Waals surface area contributed by atoms with Crippen LogP contribution in [-0.2, 0) is 0 Å². The van der Waals surface area contributed by atoms with Gasteiger partial charge in [-0.1, -0.05) is 23.2 Å². The van der Waals surface area contributed by atoms with Gasteiger partial charge in [0.2, 0.25) is 11.8 Å². The minimum atomic E-state index is 0.0405. The highest BCUT2D eigenvalue weighted by atomic mass is 35.5. The number of pyridine rings is 1. The highest BCUT2D eigenvalue weighted by Crippen LogP contribution is 2.32. The monoisotopic (exact) mass is 306 g/mol. The number of halogens is 2. The molecule has 0 amide bonds. The number of nitrogens with two attached hydrogens (primary N) is 1. The number of ether oxygens (including phenoxy) is 1. The minimum Gasteiger partial charge on any atom is -0.437 e. The van der Waals surface area contributed by atoms with Gasteiger partial charge in [0, 0.05) is 17.6 Å². The van der Waals surface area contributed by atoms with Gasteiger partial charge in [0.25, 0.3) is 0 Å². The van der Waals surface area contributed by atoms with Gasteiger partial charge in [0.05, 0.1) is 5.02 Å². The lowest BCUT2D eigenvalue weighted by molar-refractivity contribution is 0.467. The Morgan fingerprint density at radius 3 is 2.75 bits per heavy atom. The fourth-order valence-electron chi connectivity index (χ4n) is 1.77. The van der Waals surface area contributed by atoms with Gasteiger partial charge in [-0.15, -0.1) is 0 Å². The number of anilines is 1. The van der Waals surface area contributed by atoms with E-state index in [1.54, 1.807) is 24.4 Å². The molecule has 0 fully saturated rings. The van der Waals surface area contributed by atoms with Crippen molar-refractivity contribution in [3.05, 3.63) is 46.7 Å². The van der Waals surface area contributed by atoms with E-state index < -0.39 is 0 Å². The molecule has 0 atom stereocenters. The van der Waals surface area contributed by atoms with E-state index in [1.807, 2.05) is 6.07 Å². The lowest BCUT2D eigenvalue weighted by Crippen LogP contribution is -1.97. The molecule has 0 spiro atoms. The number of hydrogen-bond acceptors (Lipinski definition) is 5. The summed E-state index contributed by atoms with van der Waals surface area (Å²) in [5, 5.41) is 1.60. The van der Waals surface area contributed by atoms with Crippen molar-refractivity contribution in [2.24, 2.45) is 0 Å². The normalized spacial score (nSPS) is 10.7. The molecule has 2 heterocycles. The SMILES string of the molecule is Nc1nc(Cl)cc(Oc2ccc(Cl)c3cccnc23)n1. The maximum absolute atomic E-state index is 6.12. The van der Waals surface area contributed by atoms with Crippen LogP contribution in [-0.4, -0.2) is 15.0 Å². The highest BCUT2D eigenvalue weighted by Gasteiger charge is 2.09. The van der Waals surface area contributed by atoms with E-state index in [9.17, 15) is 0 Å². The van der Waals surface area contributed by atoms with Crippen molar-refractivity contribution in [1.82, 2.24) is 15.0 Å². The molecule has 7 heteroatoms. The first-order valence-electron chi connectivity index (χ1n) is 5.64. The Hall–Kier alpha value is -2.11. The minimum absolute atomic E-state index is 0.0405. The fraction of sp³-hybridized carbons (Fsp3) is 0. The van der Waals surface area contributed by atoms with Gasteiger partial charge in [-0.05, 0) is 24.3 Å². The van der Waals surface area contributed by atoms with Crippen LogP contribution in [0.15, 0.2) is 36.5 Å². The zero-order valence-electron chi connectivity index (χ0n) is 10.0. The quantitative estimate of drug-likeness (QED) is 0.731. The van der Waals surface area contributed by atoms with Crippen molar-refractivity contribution in [1.29, 1.82) is 0 Å². The molecule has 100 valence electrons. The van der Waals surface area contributed by atoms with Crippen LogP contribution in [0.25, 0.3) is 10.9 Å². The van der Waals surface area contributed by atoms with Crippen LogP contribution in [0.3, 0.4) is 0 Å². The van der Waals surface area contributed by atoms with Crippen LogP contribution in [0.1, 0.15) is 0 Å². The first-order chi connectivity index (χ1) is 9.63. The molecule has 5 nitrogen and oxygen atoms in total. The van der Waals surface area contributed by atoms with Gasteiger partial charge in [0.15, 0.2) is 5.75 Å². The maximum Gasteiger partial charge on any atom is 0.225 e. The molecular weight excluding hydrogens is 299 g/mol. The first-order valence-corrected chi connectivity index (χ1v) is 6.40. The Morgan fingerprint density at radius 2 is 1.95 bits per heavy atom. The van der Waals surface area contributed by atoms with Crippen LogP contribution < -0.4 is 10.5 Å². The average molecular weight is 307 g/mol. The van der Waals surface area contributed by atoms with Gasteiger partial charge >= 0.3 is 0 Å². The summed E-state index contributed by atoms with van der Waals surface area (Å²) in [5.41, 5.74) is 6.16. The molecule has 20 heavy (non-hydrogen) atoms. The van der Waals surface area contributed by atoms with Gasteiger partial charge in [-0.25, -0.2) is 4.98 Å². The van der Waals surface area contributed by atoms with E-state index in [1.165, 1.54) is 6.07 Å². The molecule has 1 aromatic carbocycles. The summed E-state index contributed by atoms with van der Waals surface area (Å²) in [7, 11) is 0. The summed E-state index contributed by atoms with van der Waals surface area (Å²) in [6, 6.07) is 8.58. The molecule has 0 bridgehead atoms. The summed E-state index contributed by atoms with van der Waals surface area (Å²) >= 11 is 11.9. The second kappa shape index (κ2) is 5.11. The largest absolute Gasteiger partial charge is 0.437 e. The van der Waals surface area contributed by atoms with Gasteiger partial charge < -0.3 is 10.5 Å². The molecule has 3 rings (SSSR count). The standard InChI is InChI=1S/C13H8Cl2N4O/c14-8-3-4-9(12-7(8)2-1-5-17-12)20-11-6-10(15)18-13(16)19-11/h1-6H,(H2,16,18,19). The number of fused-ring (bicyclic) bond motifs is 1. The zero-order chi connectivity index (χ0) is 14.1. The van der Waals surface area contributed by atoms with E-state index >= 15 is 0 Å². The highest BCUT2D eigenvalue weighted by molar-refractivity contribution is 6.35. The molecule has 0 saturated heterocycles. The van der Waals surface area contributed by atoms with Crippen LogP contribution >= 0.6 is 23.2 Å². The predicted molar refractivity (Wildman–Crippen MR) is 78.3 cm³/mol. The van der Waals surface area contributed by atoms with Crippen molar-refractivity contribution >= 4 is 40.1 Å². The van der Waals surface area contributed by atoms with Gasteiger partial charge in [-0.2, -0.15) is 4.98 Å². The summed E-state index contributed by atoms with van der Waals surface area (Å²) in [4.78, 5) is 12.0. The van der Waals surface area contributed by atoms with Crippen LogP contribution in [0, 0.1) is 0 Å². The van der Waals surface area contributed by atoms with Crippen LogP contribution in [0.5, 0.6) is 11.6 Å². The smallest absolute Gasteiger partial charge is 0.225 e. The summed E-state index contributed by atoms with van der Waals surface area (Å²) < 4.78 is 5.67. The van der Waals surface area contributed by atoms with Crippen LogP contribution in [0.4, 0.5) is 5.95 Å². The van der Waals surface area contributed by atoms with Crippen molar-refractivity contribution in [3.63, 3.8) is 0 Å². The molecule has 0 radical (unpaired) electrons. The van der Waals surface area contributed by atoms with Crippen LogP contribution in [0.2, 0.25) is 10.2 Å². The number of hydrogen-bond donors (Lipinski definition) is 1. The average Bonchev–Trinajstić information content (AvgIpc) is 2.41. The molecule has 0 unspecified atom stereocenters. The topological polar surface area (TPSA) is 73.9 Å². The number of nitrogens with zero attached hydrogens (tertiary/aromatic N) is 3. The number of rotatable bonds is 2. The summed E-state index contributed by atoms with van der Waals surface area (Å²) in [6.45, 7) is 0. The van der Waals surface area contributed by atoms with Crippen molar-refractivity contribution in [2.75, 3.05) is 5.73 Å². The van der Waals surface area contributed by atoms with E-state index in [0.29, 0.717) is 16.3 Å². The number of nitrogen functional groups attached to an aromatic ring is 1. The molecule has 0 saturated carbocycles. The molecule has 0 aliphatic heterocycles. The molecule has 3 aromatic rings. The van der Waals surface area contributed by atoms with Gasteiger partial charge in [-0.3, -0.25) is 4.98 Å². The Bertz CT molecular complexity index is 774. The number of aromatic nitrogens is 3. The summed E-state index contributed by atoms with van der Waals surface area (Å²) in [5.74, 6) is 0.801. The second-order valence-electron chi connectivity index (χ2n) is 3.93. The van der Waals surface area contributed by atoms with E-state index in [4.69, 9.17) is 33.7 Å². The zero-order valence-corrected chi connectivity index (χ0v) is 11.6. The van der Waals surface area contributed by atoms with Gasteiger partial charge in [0.1, 0.15) is 10.7 Å². The molecule has 2 N–H and O–H groups in total. The Labute approximate surface area is 124 Å². The maximum atomic E-state index is 6.12. The molecule has 0 aliphatic rings. The van der Waals surface area contributed by atoms with Crippen molar-refractivity contribution in [3.8, 4) is 11.6 Å². The molecule has 2 aromatic heterocycles. The van der Waals surface area contributed by atoms with Crippen molar-refractivity contribution in [2.45, 2.75) is 0 Å². The van der Waals surface area contributed by atoms with E-state index in [2.05, 4.69) is 15.0 Å². The predicted octanol–water partition coefficient (Wildman–Crippen LogP) is 3.71. The Morgan fingerprint density at radius 1 is 1.10 bits per heavy atom. The third kappa shape index (κ3) is 2.45. The van der Waals surface area contributed by atoms with E-state index in [-0.39, 0.29) is 17.0 Å². The lowest BCUT2D eigenvalue weighted by Gasteiger charge is -2.08. The number of benzene rings is 1. The summed E-state index contributed by atoms with van der Waals surface area (Å²) in [6.07, 6.45) is 1.66. The lowest BCUT2D eigenvalue weighted by atomic mass is 10.2. The Kier molecular flexibility index (Phi) is 3.30. The third-order valence-electron chi connectivity index (χ3n) is 2.58. The van der Waals surface area contributed by atoms with Crippen molar-refractivity contribution < 1.29 is 4.74 Å². The second-order valence-corrected chi connectivity index (χ2v) is 4.73. The molecule has 0 aliphatic carbocycles.